The Labute approximate surface area is 180 Å². The fraction of sp³-hybridized carbons (Fsp3) is 0.192. The largest absolute Gasteiger partial charge is 0.361 e. The Morgan fingerprint density at radius 3 is 2.57 bits per heavy atom. The number of nitrogens with zero attached hydrogens (tertiary/aromatic N) is 2. The number of rotatable bonds is 2. The number of hydrogen-bond donors (Lipinski definition) is 1. The molecule has 0 amide bonds. The van der Waals surface area contributed by atoms with E-state index in [4.69, 9.17) is 5.10 Å². The van der Waals surface area contributed by atoms with Crippen LogP contribution in [0, 0.1) is 19.8 Å². The monoisotopic (exact) mass is 409 g/mol. The van der Waals surface area contributed by atoms with E-state index in [1.165, 1.54) is 43.8 Å². The third-order valence-corrected chi connectivity index (χ3v) is 7.74. The van der Waals surface area contributed by atoms with Crippen molar-refractivity contribution in [3.63, 3.8) is 0 Å². The molecule has 0 spiro atoms. The number of hydrogen-bond acceptors (Lipinski definition) is 3. The predicted octanol–water partition coefficient (Wildman–Crippen LogP) is 6.47. The molecule has 30 heavy (non-hydrogen) atoms. The summed E-state index contributed by atoms with van der Waals surface area (Å²) in [5, 5.41) is 8.84. The minimum atomic E-state index is 0.180. The third-order valence-electron chi connectivity index (χ3n) is 6.40. The zero-order chi connectivity index (χ0) is 20.2. The molecule has 0 fully saturated rings. The maximum absolute atomic E-state index is 5.29. The first-order valence-electron chi connectivity index (χ1n) is 10.4. The smallest absolute Gasteiger partial charge is 0.0888 e. The van der Waals surface area contributed by atoms with Crippen LogP contribution in [0.2, 0.25) is 0 Å². The number of aryl methyl sites for hydroxylation is 2. The van der Waals surface area contributed by atoms with Crippen LogP contribution in [0.4, 0.5) is 5.69 Å². The van der Waals surface area contributed by atoms with Gasteiger partial charge < -0.3 is 4.98 Å². The first-order valence-corrected chi connectivity index (χ1v) is 11.4. The highest BCUT2D eigenvalue weighted by Crippen LogP contribution is 2.49. The van der Waals surface area contributed by atoms with Gasteiger partial charge >= 0.3 is 0 Å². The van der Waals surface area contributed by atoms with Crippen molar-refractivity contribution in [3.8, 4) is 0 Å². The van der Waals surface area contributed by atoms with Gasteiger partial charge in [-0.15, -0.1) is 11.8 Å². The molecule has 1 aromatic heterocycles. The van der Waals surface area contributed by atoms with Crippen molar-refractivity contribution in [1.29, 1.82) is 0 Å². The molecule has 2 unspecified atom stereocenters. The molecule has 2 aliphatic heterocycles. The number of hydrazone groups is 1. The van der Waals surface area contributed by atoms with Crippen LogP contribution < -0.4 is 5.01 Å². The van der Waals surface area contributed by atoms with Crippen LogP contribution in [0.1, 0.15) is 28.3 Å². The lowest BCUT2D eigenvalue weighted by atomic mass is 9.85. The first kappa shape index (κ1) is 17.8. The third kappa shape index (κ3) is 2.56. The van der Waals surface area contributed by atoms with Crippen LogP contribution in [0.15, 0.2) is 82.9 Å². The Balaban J connectivity index is 1.57. The number of thioether (sulfide) groups is 1. The van der Waals surface area contributed by atoms with Gasteiger partial charge in [0.25, 0.3) is 0 Å². The lowest BCUT2D eigenvalue weighted by molar-refractivity contribution is 0.597. The van der Waals surface area contributed by atoms with Gasteiger partial charge in [-0.2, -0.15) is 5.10 Å². The van der Waals surface area contributed by atoms with Crippen molar-refractivity contribution in [2.45, 2.75) is 24.8 Å². The van der Waals surface area contributed by atoms with Gasteiger partial charge in [0.1, 0.15) is 0 Å². The van der Waals surface area contributed by atoms with Crippen molar-refractivity contribution in [3.05, 3.63) is 95.2 Å². The van der Waals surface area contributed by atoms with Gasteiger partial charge in [-0.3, -0.25) is 5.01 Å². The number of para-hydroxylation sites is 2. The molecule has 6 rings (SSSR count). The van der Waals surface area contributed by atoms with Gasteiger partial charge in [0.2, 0.25) is 0 Å². The van der Waals surface area contributed by atoms with Crippen molar-refractivity contribution in [2.24, 2.45) is 11.0 Å². The molecule has 4 heteroatoms. The van der Waals surface area contributed by atoms with Crippen molar-refractivity contribution >= 4 is 34.1 Å². The van der Waals surface area contributed by atoms with Gasteiger partial charge in [-0.05, 0) is 43.2 Å². The van der Waals surface area contributed by atoms with E-state index in [-0.39, 0.29) is 6.04 Å². The van der Waals surface area contributed by atoms with Gasteiger partial charge in [0.15, 0.2) is 0 Å². The SMILES string of the molecule is Cc1ccc(C)c2c1SCC1C2=NN(c2ccccc2)C1c1c[nH]c2ccccc12. The average Bonchev–Trinajstić information content (AvgIpc) is 3.38. The zero-order valence-electron chi connectivity index (χ0n) is 17.1. The van der Waals surface area contributed by atoms with Gasteiger partial charge in [0, 0.05) is 44.8 Å². The number of fused-ring (bicyclic) bond motifs is 4. The molecular formula is C26H23N3S. The van der Waals surface area contributed by atoms with E-state index in [1.54, 1.807) is 0 Å². The molecule has 2 atom stereocenters. The highest BCUT2D eigenvalue weighted by molar-refractivity contribution is 7.99. The molecule has 3 nitrogen and oxygen atoms in total. The maximum Gasteiger partial charge on any atom is 0.0888 e. The lowest BCUT2D eigenvalue weighted by Crippen LogP contribution is -2.29. The van der Waals surface area contributed by atoms with Crippen LogP contribution in [-0.2, 0) is 0 Å². The van der Waals surface area contributed by atoms with Crippen molar-refractivity contribution in [1.82, 2.24) is 4.98 Å². The normalized spacial score (nSPS) is 20.2. The highest BCUT2D eigenvalue weighted by atomic mass is 32.2. The summed E-state index contributed by atoms with van der Waals surface area (Å²) in [7, 11) is 0. The van der Waals surface area contributed by atoms with Crippen molar-refractivity contribution in [2.75, 3.05) is 10.8 Å². The number of anilines is 1. The summed E-state index contributed by atoms with van der Waals surface area (Å²) in [6, 6.07) is 23.9. The summed E-state index contributed by atoms with van der Waals surface area (Å²) in [5.74, 6) is 1.39. The topological polar surface area (TPSA) is 31.4 Å². The molecule has 2 aliphatic rings. The van der Waals surface area contributed by atoms with Gasteiger partial charge in [-0.1, -0.05) is 48.5 Å². The Morgan fingerprint density at radius 1 is 0.933 bits per heavy atom. The molecule has 148 valence electrons. The second-order valence-corrected chi connectivity index (χ2v) is 9.25. The molecular weight excluding hydrogens is 386 g/mol. The standard InChI is InChI=1S/C26H23N3S/c1-16-12-13-17(2)26-23(16)24-21(15-30-26)25(29(28-24)18-8-4-3-5-9-18)20-14-27-22-11-7-6-10-19(20)22/h3-14,21,25,27H,15H2,1-2H3. The Bertz CT molecular complexity index is 1290. The van der Waals surface area contributed by atoms with Crippen LogP contribution in [0.3, 0.4) is 0 Å². The summed E-state index contributed by atoms with van der Waals surface area (Å²) >= 11 is 1.99. The molecule has 0 saturated heterocycles. The Hall–Kier alpha value is -2.98. The fourth-order valence-electron chi connectivity index (χ4n) is 4.93. The Kier molecular flexibility index (Phi) is 4.03. The quantitative estimate of drug-likeness (QED) is 0.411. The van der Waals surface area contributed by atoms with E-state index < -0.39 is 0 Å². The second kappa shape index (κ2) is 6.78. The van der Waals surface area contributed by atoms with Gasteiger partial charge in [-0.25, -0.2) is 0 Å². The highest BCUT2D eigenvalue weighted by Gasteiger charge is 2.44. The minimum Gasteiger partial charge on any atom is -0.361 e. The van der Waals surface area contributed by atoms with Crippen LogP contribution in [0.5, 0.6) is 0 Å². The minimum absolute atomic E-state index is 0.180. The van der Waals surface area contributed by atoms with E-state index in [2.05, 4.69) is 96.8 Å². The summed E-state index contributed by atoms with van der Waals surface area (Å²) in [6.45, 7) is 4.43. The van der Waals surface area contributed by atoms with Crippen molar-refractivity contribution < 1.29 is 0 Å². The van der Waals surface area contributed by atoms with E-state index in [0.717, 1.165) is 11.4 Å². The summed E-state index contributed by atoms with van der Waals surface area (Å²) in [5.41, 5.74) is 8.91. The summed E-state index contributed by atoms with van der Waals surface area (Å²) < 4.78 is 0. The summed E-state index contributed by atoms with van der Waals surface area (Å²) in [4.78, 5) is 4.89. The number of H-pyrrole nitrogens is 1. The lowest BCUT2D eigenvalue weighted by Gasteiger charge is -2.31. The molecule has 4 aromatic rings. The molecule has 1 N–H and O–H groups in total. The van der Waals surface area contributed by atoms with E-state index in [9.17, 15) is 0 Å². The molecule has 0 aliphatic carbocycles. The van der Waals surface area contributed by atoms with Crippen LogP contribution >= 0.6 is 11.8 Å². The molecule has 0 bridgehead atoms. The Morgan fingerprint density at radius 2 is 1.70 bits per heavy atom. The first-order chi connectivity index (χ1) is 14.7. The number of aromatic amines is 1. The van der Waals surface area contributed by atoms with Gasteiger partial charge in [0.05, 0.1) is 17.4 Å². The molecule has 0 saturated carbocycles. The number of aromatic nitrogens is 1. The summed E-state index contributed by atoms with van der Waals surface area (Å²) in [6.07, 6.45) is 2.19. The number of nitrogens with one attached hydrogen (secondary N) is 1. The average molecular weight is 410 g/mol. The van der Waals surface area contributed by atoms with Crippen LogP contribution in [-0.4, -0.2) is 16.4 Å². The molecule has 3 heterocycles. The molecule has 3 aromatic carbocycles. The maximum atomic E-state index is 5.29. The molecule has 0 radical (unpaired) electrons. The van der Waals surface area contributed by atoms with Crippen LogP contribution in [0.25, 0.3) is 10.9 Å². The van der Waals surface area contributed by atoms with E-state index in [1.807, 2.05) is 11.8 Å². The second-order valence-electron chi connectivity index (χ2n) is 8.22. The fourth-order valence-corrected chi connectivity index (χ4v) is 6.32. The van der Waals surface area contributed by atoms with E-state index in [0.29, 0.717) is 5.92 Å². The predicted molar refractivity (Wildman–Crippen MR) is 127 cm³/mol. The number of benzene rings is 3. The zero-order valence-corrected chi connectivity index (χ0v) is 17.9. The van der Waals surface area contributed by atoms with E-state index >= 15 is 0 Å².